The number of carbonyl (C=O) groups is 1. The monoisotopic (exact) mass is 269 g/mol. The van der Waals surface area contributed by atoms with Crippen LogP contribution in [0.2, 0.25) is 0 Å². The van der Waals surface area contributed by atoms with Gasteiger partial charge >= 0.3 is 0 Å². The Bertz CT molecular complexity index is 433. The third-order valence-corrected chi connectivity index (χ3v) is 5.36. The number of anilines is 1. The van der Waals surface area contributed by atoms with Crippen LogP contribution in [-0.2, 0) is 0 Å². The number of hydrogen-bond acceptors (Lipinski definition) is 4. The topological polar surface area (TPSA) is 43.1 Å². The summed E-state index contributed by atoms with van der Waals surface area (Å²) in [5.41, 5.74) is 8.23. The number of thioether (sulfide) groups is 1. The Morgan fingerprint density at radius 2 is 2.18 bits per heavy atom. The molecule has 0 atom stereocenters. The zero-order valence-corrected chi connectivity index (χ0v) is 12.2. The van der Waals surface area contributed by atoms with Crippen LogP contribution in [0, 0.1) is 5.92 Å². The van der Waals surface area contributed by atoms with Gasteiger partial charge in [0.1, 0.15) is 0 Å². The fraction of sp³-hybridized carbons (Fsp3) is 0.615. The van der Waals surface area contributed by atoms with E-state index in [4.69, 9.17) is 5.73 Å². The fourth-order valence-corrected chi connectivity index (χ4v) is 4.54. The molecule has 0 radical (unpaired) electrons. The highest BCUT2D eigenvalue weighted by Gasteiger charge is 2.33. The van der Waals surface area contributed by atoms with Crippen LogP contribution in [0.15, 0.2) is 4.21 Å². The number of hydrogen-bond donors (Lipinski definition) is 1. The molecule has 1 fully saturated rings. The first-order valence-corrected chi connectivity index (χ1v) is 7.95. The number of ketones is 1. The van der Waals surface area contributed by atoms with Gasteiger partial charge in [-0.05, 0) is 24.5 Å². The summed E-state index contributed by atoms with van der Waals surface area (Å²) in [6.07, 6.45) is 2.46. The van der Waals surface area contributed by atoms with E-state index in [1.165, 1.54) is 22.6 Å². The predicted octanol–water partition coefficient (Wildman–Crippen LogP) is 4.16. The van der Waals surface area contributed by atoms with Crippen LogP contribution >= 0.6 is 23.1 Å². The number of nitrogen functional groups attached to an aromatic ring is 1. The van der Waals surface area contributed by atoms with Crippen LogP contribution < -0.4 is 5.73 Å². The molecule has 1 aliphatic rings. The van der Waals surface area contributed by atoms with Crippen molar-refractivity contribution < 1.29 is 4.79 Å². The standard InChI is InChI=1S/C13H19NOS2/c1-4-16-13-9(8-5-6-8)10(14)12(17-13)11(15)7(2)3/h7-8H,4-6,14H2,1-3H3. The van der Waals surface area contributed by atoms with Gasteiger partial charge in [-0.3, -0.25) is 4.79 Å². The molecule has 94 valence electrons. The Kier molecular flexibility index (Phi) is 3.83. The lowest BCUT2D eigenvalue weighted by atomic mass is 10.0. The zero-order valence-electron chi connectivity index (χ0n) is 10.6. The summed E-state index contributed by atoms with van der Waals surface area (Å²) in [6, 6.07) is 0. The Labute approximate surface area is 111 Å². The third-order valence-electron chi connectivity index (χ3n) is 2.96. The van der Waals surface area contributed by atoms with Crippen LogP contribution in [0.1, 0.15) is 54.8 Å². The van der Waals surface area contributed by atoms with Crippen LogP contribution in [0.25, 0.3) is 0 Å². The van der Waals surface area contributed by atoms with Crippen molar-refractivity contribution >= 4 is 34.6 Å². The highest BCUT2D eigenvalue weighted by atomic mass is 32.2. The van der Waals surface area contributed by atoms with Crippen molar-refractivity contribution in [1.82, 2.24) is 0 Å². The van der Waals surface area contributed by atoms with Gasteiger partial charge in [0, 0.05) is 11.5 Å². The molecule has 0 aliphatic heterocycles. The molecule has 2 nitrogen and oxygen atoms in total. The molecule has 0 bridgehead atoms. The van der Waals surface area contributed by atoms with Gasteiger partial charge in [-0.15, -0.1) is 23.1 Å². The highest BCUT2D eigenvalue weighted by Crippen LogP contribution is 2.51. The lowest BCUT2D eigenvalue weighted by molar-refractivity contribution is 0.0944. The SMILES string of the molecule is CCSc1sc(C(=O)C(C)C)c(N)c1C1CC1. The Balaban J connectivity index is 2.40. The molecule has 1 aromatic heterocycles. The number of Topliss-reactive ketones (excluding diaryl/α,β-unsaturated/α-hetero) is 1. The molecule has 0 aromatic carbocycles. The minimum absolute atomic E-state index is 0.0301. The van der Waals surface area contributed by atoms with Crippen molar-refractivity contribution in [3.63, 3.8) is 0 Å². The molecule has 0 amide bonds. The molecule has 1 aromatic rings. The van der Waals surface area contributed by atoms with Crippen molar-refractivity contribution in [2.75, 3.05) is 11.5 Å². The van der Waals surface area contributed by atoms with E-state index >= 15 is 0 Å². The molecule has 1 aliphatic carbocycles. The van der Waals surface area contributed by atoms with Gasteiger partial charge in [-0.2, -0.15) is 0 Å². The summed E-state index contributed by atoms with van der Waals surface area (Å²) in [7, 11) is 0. The first kappa shape index (κ1) is 13.0. The van der Waals surface area contributed by atoms with E-state index in [0.29, 0.717) is 5.92 Å². The molecule has 0 unspecified atom stereocenters. The van der Waals surface area contributed by atoms with Gasteiger partial charge in [-0.1, -0.05) is 20.8 Å². The molecule has 2 N–H and O–H groups in total. The largest absolute Gasteiger partial charge is 0.397 e. The van der Waals surface area contributed by atoms with Gasteiger partial charge in [0.05, 0.1) is 14.8 Å². The van der Waals surface area contributed by atoms with Gasteiger partial charge in [0.2, 0.25) is 0 Å². The van der Waals surface area contributed by atoms with Gasteiger partial charge < -0.3 is 5.73 Å². The molecular formula is C13H19NOS2. The van der Waals surface area contributed by atoms with Gasteiger partial charge in [0.15, 0.2) is 5.78 Å². The normalized spacial score (nSPS) is 15.5. The maximum Gasteiger partial charge on any atom is 0.177 e. The van der Waals surface area contributed by atoms with Crippen molar-refractivity contribution in [2.45, 2.75) is 43.7 Å². The van der Waals surface area contributed by atoms with E-state index in [1.807, 2.05) is 25.6 Å². The number of nitrogens with two attached hydrogens (primary N) is 1. The summed E-state index contributed by atoms with van der Waals surface area (Å²) in [5.74, 6) is 1.88. The van der Waals surface area contributed by atoms with Gasteiger partial charge in [-0.25, -0.2) is 0 Å². The zero-order chi connectivity index (χ0) is 12.6. The van der Waals surface area contributed by atoms with Crippen molar-refractivity contribution in [3.8, 4) is 0 Å². The predicted molar refractivity (Wildman–Crippen MR) is 76.3 cm³/mol. The number of carbonyl (C=O) groups excluding carboxylic acids is 1. The molecule has 0 saturated heterocycles. The average molecular weight is 269 g/mol. The second kappa shape index (κ2) is 5.02. The van der Waals surface area contributed by atoms with Crippen molar-refractivity contribution in [2.24, 2.45) is 5.92 Å². The molecule has 1 saturated carbocycles. The average Bonchev–Trinajstić information content (AvgIpc) is 3.04. The molecule has 4 heteroatoms. The number of rotatable bonds is 5. The van der Waals surface area contributed by atoms with Crippen molar-refractivity contribution in [3.05, 3.63) is 10.4 Å². The van der Waals surface area contributed by atoms with E-state index in [2.05, 4.69) is 6.92 Å². The summed E-state index contributed by atoms with van der Waals surface area (Å²) < 4.78 is 1.27. The summed E-state index contributed by atoms with van der Waals surface area (Å²) in [6.45, 7) is 6.01. The van der Waals surface area contributed by atoms with Crippen LogP contribution in [0.4, 0.5) is 5.69 Å². The minimum atomic E-state index is 0.0301. The van der Waals surface area contributed by atoms with Crippen LogP contribution in [-0.4, -0.2) is 11.5 Å². The fourth-order valence-electron chi connectivity index (χ4n) is 1.88. The van der Waals surface area contributed by atoms with E-state index < -0.39 is 0 Å². The second-order valence-corrected chi connectivity index (χ2v) is 7.33. The number of thiophene rings is 1. The molecule has 17 heavy (non-hydrogen) atoms. The Hall–Kier alpha value is -0.480. The molecule has 1 heterocycles. The lowest BCUT2D eigenvalue weighted by Gasteiger charge is -2.03. The van der Waals surface area contributed by atoms with Crippen molar-refractivity contribution in [1.29, 1.82) is 0 Å². The lowest BCUT2D eigenvalue weighted by Crippen LogP contribution is -2.08. The minimum Gasteiger partial charge on any atom is -0.397 e. The maximum absolute atomic E-state index is 12.1. The van der Waals surface area contributed by atoms with Crippen LogP contribution in [0.3, 0.4) is 0 Å². The van der Waals surface area contributed by atoms with E-state index in [0.717, 1.165) is 16.3 Å². The third kappa shape index (κ3) is 2.52. The second-order valence-electron chi connectivity index (χ2n) is 4.77. The van der Waals surface area contributed by atoms with E-state index in [-0.39, 0.29) is 11.7 Å². The summed E-state index contributed by atoms with van der Waals surface area (Å²) in [4.78, 5) is 12.9. The molecule has 2 rings (SSSR count). The molecular weight excluding hydrogens is 250 g/mol. The Morgan fingerprint density at radius 3 is 2.65 bits per heavy atom. The summed E-state index contributed by atoms with van der Waals surface area (Å²) >= 11 is 3.42. The quantitative estimate of drug-likeness (QED) is 0.645. The van der Waals surface area contributed by atoms with Crippen LogP contribution in [0.5, 0.6) is 0 Å². The first-order valence-electron chi connectivity index (χ1n) is 6.15. The van der Waals surface area contributed by atoms with Gasteiger partial charge in [0.25, 0.3) is 0 Å². The Morgan fingerprint density at radius 1 is 1.53 bits per heavy atom. The summed E-state index contributed by atoms with van der Waals surface area (Å²) in [5, 5.41) is 0. The molecule has 0 spiro atoms. The first-order chi connectivity index (χ1) is 8.06. The van der Waals surface area contributed by atoms with E-state index in [9.17, 15) is 4.79 Å². The smallest absolute Gasteiger partial charge is 0.177 e. The highest BCUT2D eigenvalue weighted by molar-refractivity contribution is 8.01. The maximum atomic E-state index is 12.1. The van der Waals surface area contributed by atoms with E-state index in [1.54, 1.807) is 11.3 Å².